The summed E-state index contributed by atoms with van der Waals surface area (Å²) >= 11 is 0. The summed E-state index contributed by atoms with van der Waals surface area (Å²) in [5.41, 5.74) is 8.36. The fraction of sp³-hybridized carbons (Fsp3) is 0.0625. The van der Waals surface area contributed by atoms with Crippen LogP contribution in [0.25, 0.3) is 106 Å². The van der Waals surface area contributed by atoms with Crippen LogP contribution in [0, 0.1) is 0 Å². The van der Waals surface area contributed by atoms with Crippen LogP contribution in [-0.4, -0.2) is 15.0 Å². The van der Waals surface area contributed by atoms with Crippen molar-refractivity contribution in [2.45, 2.75) is 19.3 Å². The lowest BCUT2D eigenvalue weighted by atomic mass is 9.92. The van der Waals surface area contributed by atoms with E-state index in [9.17, 15) is 0 Å². The van der Waals surface area contributed by atoms with E-state index in [2.05, 4.69) is 140 Å². The number of aromatic nitrogens is 3. The number of hydrogen-bond donors (Lipinski definition) is 0. The van der Waals surface area contributed by atoms with E-state index in [4.69, 9.17) is 23.8 Å². The van der Waals surface area contributed by atoms with E-state index < -0.39 is 0 Å². The summed E-state index contributed by atoms with van der Waals surface area (Å²) in [5, 5.41) is 7.58. The fourth-order valence-corrected chi connectivity index (χ4v) is 8.12. The second-order valence-corrected chi connectivity index (χ2v) is 14.0. The standard InChI is InChI=1S/C48H31N3O2/c1-28-11-9-18-36-42-37(19-10-20-39(42)53-45(28)36)47-49-46(34-22-21-29-12-5-6-15-31(29)25-34)50-48(51-47)44-35(30-13-3-2-4-14-30)23-24-40-43(44)38-26-32-16-7-8-17-33(32)27-41(38)52-40/h2-10,12-28H,11H2,1H3. The molecule has 1 aliphatic carbocycles. The molecule has 0 saturated carbocycles. The molecule has 0 fully saturated rings. The Kier molecular flexibility index (Phi) is 6.52. The van der Waals surface area contributed by atoms with Gasteiger partial charge < -0.3 is 8.83 Å². The third-order valence-corrected chi connectivity index (χ3v) is 10.7. The zero-order chi connectivity index (χ0) is 35.0. The van der Waals surface area contributed by atoms with Gasteiger partial charge in [0, 0.05) is 44.3 Å². The smallest absolute Gasteiger partial charge is 0.165 e. The van der Waals surface area contributed by atoms with Crippen molar-refractivity contribution in [2.24, 2.45) is 0 Å². The van der Waals surface area contributed by atoms with Crippen LogP contribution in [0.1, 0.15) is 30.6 Å². The second kappa shape index (κ2) is 11.6. The number of allylic oxidation sites excluding steroid dienone is 1. The van der Waals surface area contributed by atoms with Crippen molar-refractivity contribution in [3.8, 4) is 45.3 Å². The highest BCUT2D eigenvalue weighted by atomic mass is 16.3. The van der Waals surface area contributed by atoms with Gasteiger partial charge in [0.1, 0.15) is 22.5 Å². The van der Waals surface area contributed by atoms with Crippen molar-refractivity contribution in [2.75, 3.05) is 0 Å². The molecule has 1 unspecified atom stereocenters. The number of furan rings is 2. The van der Waals surface area contributed by atoms with Gasteiger partial charge in [-0.1, -0.05) is 122 Å². The van der Waals surface area contributed by atoms with Gasteiger partial charge in [-0.25, -0.2) is 15.0 Å². The largest absolute Gasteiger partial charge is 0.460 e. The Bertz CT molecular complexity index is 3120. The third kappa shape index (κ3) is 4.74. The minimum Gasteiger partial charge on any atom is -0.460 e. The van der Waals surface area contributed by atoms with Gasteiger partial charge in [-0.3, -0.25) is 0 Å². The Morgan fingerprint density at radius 3 is 2.08 bits per heavy atom. The molecule has 3 heterocycles. The molecular formula is C48H31N3O2. The molecule has 0 spiro atoms. The molecule has 0 amide bonds. The zero-order valence-electron chi connectivity index (χ0n) is 28.9. The molecule has 53 heavy (non-hydrogen) atoms. The predicted molar refractivity (Wildman–Crippen MR) is 216 cm³/mol. The Hall–Kier alpha value is -6.85. The van der Waals surface area contributed by atoms with Gasteiger partial charge in [0.25, 0.3) is 0 Å². The monoisotopic (exact) mass is 681 g/mol. The molecule has 0 saturated heterocycles. The molecule has 5 heteroatoms. The van der Waals surface area contributed by atoms with Crippen molar-refractivity contribution < 1.29 is 8.83 Å². The van der Waals surface area contributed by atoms with Crippen LogP contribution >= 0.6 is 0 Å². The van der Waals surface area contributed by atoms with Crippen LogP contribution in [0.15, 0.2) is 154 Å². The second-order valence-electron chi connectivity index (χ2n) is 14.0. The van der Waals surface area contributed by atoms with Crippen molar-refractivity contribution in [1.29, 1.82) is 0 Å². The van der Waals surface area contributed by atoms with E-state index in [1.165, 1.54) is 0 Å². The molecule has 11 rings (SSSR count). The van der Waals surface area contributed by atoms with Gasteiger partial charge in [0.05, 0.1) is 0 Å². The maximum atomic E-state index is 6.62. The highest BCUT2D eigenvalue weighted by Gasteiger charge is 2.26. The molecule has 1 aliphatic rings. The SMILES string of the molecule is CC1CC=Cc2c1oc1cccc(-c3nc(-c4ccc5ccccc5c4)nc(-c4c(-c5ccccc5)ccc5oc6cc7ccccc7cc6c45)n3)c21. The van der Waals surface area contributed by atoms with Crippen LogP contribution in [0.2, 0.25) is 0 Å². The molecule has 0 aliphatic heterocycles. The average molecular weight is 682 g/mol. The van der Waals surface area contributed by atoms with E-state index in [0.29, 0.717) is 17.5 Å². The van der Waals surface area contributed by atoms with Crippen molar-refractivity contribution >= 4 is 60.5 Å². The van der Waals surface area contributed by atoms with E-state index in [-0.39, 0.29) is 5.92 Å². The number of fused-ring (bicyclic) bond motifs is 8. The van der Waals surface area contributed by atoms with Crippen molar-refractivity contribution in [3.63, 3.8) is 0 Å². The van der Waals surface area contributed by atoms with Gasteiger partial charge in [-0.15, -0.1) is 0 Å². The molecule has 250 valence electrons. The fourth-order valence-electron chi connectivity index (χ4n) is 8.12. The molecule has 3 aromatic heterocycles. The van der Waals surface area contributed by atoms with Gasteiger partial charge in [0.2, 0.25) is 0 Å². The number of rotatable bonds is 4. The van der Waals surface area contributed by atoms with Gasteiger partial charge in [-0.2, -0.15) is 0 Å². The van der Waals surface area contributed by atoms with Crippen LogP contribution < -0.4 is 0 Å². The minimum atomic E-state index is 0.286. The molecule has 5 nitrogen and oxygen atoms in total. The normalized spacial score (nSPS) is 14.2. The summed E-state index contributed by atoms with van der Waals surface area (Å²) in [6.07, 6.45) is 5.37. The van der Waals surface area contributed by atoms with Gasteiger partial charge >= 0.3 is 0 Å². The summed E-state index contributed by atoms with van der Waals surface area (Å²) in [5.74, 6) is 3.06. The van der Waals surface area contributed by atoms with E-state index >= 15 is 0 Å². The van der Waals surface area contributed by atoms with Crippen LogP contribution in [0.4, 0.5) is 0 Å². The maximum absolute atomic E-state index is 6.62. The first kappa shape index (κ1) is 29.8. The van der Waals surface area contributed by atoms with E-state index in [1.807, 2.05) is 18.2 Å². The average Bonchev–Trinajstić information content (AvgIpc) is 3.78. The van der Waals surface area contributed by atoms with Gasteiger partial charge in [-0.05, 0) is 75.5 Å². The summed E-state index contributed by atoms with van der Waals surface area (Å²) in [4.78, 5) is 16.0. The maximum Gasteiger partial charge on any atom is 0.165 e. The molecule has 1 atom stereocenters. The number of nitrogens with zero attached hydrogens (tertiary/aromatic N) is 3. The van der Waals surface area contributed by atoms with Gasteiger partial charge in [0.15, 0.2) is 17.5 Å². The van der Waals surface area contributed by atoms with Crippen molar-refractivity contribution in [3.05, 3.63) is 157 Å². The quantitative estimate of drug-likeness (QED) is 0.185. The molecular weight excluding hydrogens is 651 g/mol. The predicted octanol–water partition coefficient (Wildman–Crippen LogP) is 13.0. The summed E-state index contributed by atoms with van der Waals surface area (Å²) in [7, 11) is 0. The number of hydrogen-bond acceptors (Lipinski definition) is 5. The molecule has 7 aromatic carbocycles. The Morgan fingerprint density at radius 1 is 0.509 bits per heavy atom. The van der Waals surface area contributed by atoms with E-state index in [1.54, 1.807) is 0 Å². The Morgan fingerprint density at radius 2 is 1.23 bits per heavy atom. The third-order valence-electron chi connectivity index (χ3n) is 10.7. The Labute approximate surface area is 304 Å². The van der Waals surface area contributed by atoms with E-state index in [0.717, 1.165) is 100 Å². The highest BCUT2D eigenvalue weighted by Crippen LogP contribution is 2.45. The Balaban J connectivity index is 1.26. The van der Waals surface area contributed by atoms with Crippen LogP contribution in [0.3, 0.4) is 0 Å². The lowest BCUT2D eigenvalue weighted by molar-refractivity contribution is 0.504. The molecule has 10 aromatic rings. The first-order valence-corrected chi connectivity index (χ1v) is 18.1. The topological polar surface area (TPSA) is 65.0 Å². The van der Waals surface area contributed by atoms with Crippen LogP contribution in [0.5, 0.6) is 0 Å². The zero-order valence-corrected chi connectivity index (χ0v) is 28.9. The summed E-state index contributed by atoms with van der Waals surface area (Å²) in [6.45, 7) is 2.22. The first-order valence-electron chi connectivity index (χ1n) is 18.1. The van der Waals surface area contributed by atoms with Crippen molar-refractivity contribution in [1.82, 2.24) is 15.0 Å². The molecule has 0 radical (unpaired) electrons. The highest BCUT2D eigenvalue weighted by molar-refractivity contribution is 6.18. The lowest BCUT2D eigenvalue weighted by Crippen LogP contribution is -2.02. The lowest BCUT2D eigenvalue weighted by Gasteiger charge is -2.14. The summed E-state index contributed by atoms with van der Waals surface area (Å²) < 4.78 is 13.1. The number of benzene rings is 7. The van der Waals surface area contributed by atoms with Crippen LogP contribution in [-0.2, 0) is 0 Å². The molecule has 0 N–H and O–H groups in total. The summed E-state index contributed by atoms with van der Waals surface area (Å²) in [6, 6.07) is 48.4. The minimum absolute atomic E-state index is 0.286. The first-order chi connectivity index (χ1) is 26.2. The molecule has 0 bridgehead atoms.